The zero-order valence-corrected chi connectivity index (χ0v) is 13.3. The highest BCUT2D eigenvalue weighted by molar-refractivity contribution is 5.82. The van der Waals surface area contributed by atoms with E-state index in [1.807, 2.05) is 52.0 Å². The first-order chi connectivity index (χ1) is 9.88. The van der Waals surface area contributed by atoms with Crippen LogP contribution in [0.3, 0.4) is 0 Å². The third-order valence-electron chi connectivity index (χ3n) is 3.53. The molecule has 0 aromatic heterocycles. The number of terminal acetylenes is 1. The number of allylic oxidation sites excluding steroid dienone is 1. The average Bonchev–Trinajstić information content (AvgIpc) is 2.44. The summed E-state index contributed by atoms with van der Waals surface area (Å²) in [6.07, 6.45) is 10.2. The summed E-state index contributed by atoms with van der Waals surface area (Å²) in [5, 5.41) is 0. The van der Waals surface area contributed by atoms with Gasteiger partial charge in [0, 0.05) is 12.0 Å². The molecule has 112 valence electrons. The van der Waals surface area contributed by atoms with Crippen molar-refractivity contribution < 1.29 is 9.53 Å². The van der Waals surface area contributed by atoms with Gasteiger partial charge in [0.15, 0.2) is 0 Å². The van der Waals surface area contributed by atoms with Crippen molar-refractivity contribution in [2.45, 2.75) is 52.1 Å². The van der Waals surface area contributed by atoms with Gasteiger partial charge in [-0.1, -0.05) is 48.7 Å². The number of ether oxygens (including phenoxy) is 1. The average molecular weight is 284 g/mol. The molecule has 21 heavy (non-hydrogen) atoms. The van der Waals surface area contributed by atoms with E-state index in [0.717, 1.165) is 12.0 Å². The number of carbonyl (C=O) groups is 1. The Labute approximate surface area is 128 Å². The summed E-state index contributed by atoms with van der Waals surface area (Å²) in [5.74, 6) is 2.43. The van der Waals surface area contributed by atoms with Gasteiger partial charge in [0.1, 0.15) is 5.60 Å². The van der Waals surface area contributed by atoms with Gasteiger partial charge < -0.3 is 4.74 Å². The van der Waals surface area contributed by atoms with Crippen molar-refractivity contribution in [2.75, 3.05) is 0 Å². The van der Waals surface area contributed by atoms with Crippen LogP contribution in [0.5, 0.6) is 0 Å². The topological polar surface area (TPSA) is 26.3 Å². The third-order valence-corrected chi connectivity index (χ3v) is 3.53. The minimum atomic E-state index is -0.427. The molecule has 0 aliphatic carbocycles. The molecule has 0 aliphatic heterocycles. The van der Waals surface area contributed by atoms with Crippen LogP contribution in [0.2, 0.25) is 0 Å². The van der Waals surface area contributed by atoms with Gasteiger partial charge in [0.2, 0.25) is 0 Å². The number of carbonyl (C=O) groups excluding carboxylic acids is 1. The Morgan fingerprint density at radius 3 is 2.52 bits per heavy atom. The molecule has 2 nitrogen and oxygen atoms in total. The predicted octanol–water partition coefficient (Wildman–Crippen LogP) is 4.39. The van der Waals surface area contributed by atoms with Crippen molar-refractivity contribution in [1.82, 2.24) is 0 Å². The van der Waals surface area contributed by atoms with Crippen LogP contribution in [0.25, 0.3) is 0 Å². The summed E-state index contributed by atoms with van der Waals surface area (Å²) >= 11 is 0. The maximum absolute atomic E-state index is 11.7. The number of hydrogen-bond acceptors (Lipinski definition) is 2. The minimum absolute atomic E-state index is 0.0196. The lowest BCUT2D eigenvalue weighted by Crippen LogP contribution is -2.25. The first-order valence-corrected chi connectivity index (χ1v) is 7.30. The maximum atomic E-state index is 11.7. The van der Waals surface area contributed by atoms with Crippen LogP contribution in [0, 0.1) is 19.3 Å². The van der Waals surface area contributed by atoms with Gasteiger partial charge in [-0.25, -0.2) is 4.79 Å². The monoisotopic (exact) mass is 284 g/mol. The lowest BCUT2D eigenvalue weighted by Gasteiger charge is -2.22. The van der Waals surface area contributed by atoms with Gasteiger partial charge >= 0.3 is 5.97 Å². The Morgan fingerprint density at radius 1 is 1.38 bits per heavy atom. The van der Waals surface area contributed by atoms with Crippen molar-refractivity contribution in [3.8, 4) is 12.3 Å². The minimum Gasteiger partial charge on any atom is -0.457 e. The molecular formula is C19H24O2. The van der Waals surface area contributed by atoms with Crippen LogP contribution >= 0.6 is 0 Å². The largest absolute Gasteiger partial charge is 0.457 e. The molecule has 1 rings (SSSR count). The normalized spacial score (nSPS) is 12.9. The van der Waals surface area contributed by atoms with Crippen LogP contribution in [0.4, 0.5) is 0 Å². The Hall–Kier alpha value is -2.01. The molecule has 2 heteroatoms. The standard InChI is InChI=1S/C19H24O2/c1-6-16(17-13-11-15(3)12-14-17)9-8-10-18(20)21-19(4,5)7-2/h1,8,10-14,16H,7,9H2,2-5H3/b10-8+/t16-/m0/s1. The smallest absolute Gasteiger partial charge is 0.330 e. The molecule has 1 atom stereocenters. The van der Waals surface area contributed by atoms with Gasteiger partial charge in [0.05, 0.1) is 0 Å². The van der Waals surface area contributed by atoms with E-state index in [0.29, 0.717) is 6.42 Å². The highest BCUT2D eigenvalue weighted by Gasteiger charge is 2.18. The van der Waals surface area contributed by atoms with E-state index < -0.39 is 5.60 Å². The summed E-state index contributed by atoms with van der Waals surface area (Å²) in [6, 6.07) is 8.15. The van der Waals surface area contributed by atoms with Crippen molar-refractivity contribution in [2.24, 2.45) is 0 Å². The van der Waals surface area contributed by atoms with E-state index in [1.165, 1.54) is 11.6 Å². The Bertz CT molecular complexity index is 530. The molecule has 1 aromatic carbocycles. The number of benzene rings is 1. The fraction of sp³-hybridized carbons (Fsp3) is 0.421. The van der Waals surface area contributed by atoms with Gasteiger partial charge in [-0.3, -0.25) is 0 Å². The molecule has 0 N–H and O–H groups in total. The van der Waals surface area contributed by atoms with Gasteiger partial charge in [-0.2, -0.15) is 0 Å². The summed E-state index contributed by atoms with van der Waals surface area (Å²) in [5.41, 5.74) is 1.87. The third kappa shape index (κ3) is 5.87. The second-order valence-corrected chi connectivity index (χ2v) is 5.80. The van der Waals surface area contributed by atoms with Crippen LogP contribution in [-0.2, 0) is 9.53 Å². The Kier molecular flexibility index (Phi) is 6.24. The highest BCUT2D eigenvalue weighted by Crippen LogP contribution is 2.20. The molecule has 0 amide bonds. The summed E-state index contributed by atoms with van der Waals surface area (Å²) in [4.78, 5) is 11.7. The lowest BCUT2D eigenvalue weighted by molar-refractivity contribution is -0.150. The van der Waals surface area contributed by atoms with Crippen LogP contribution in [0.1, 0.15) is 50.7 Å². The van der Waals surface area contributed by atoms with Crippen molar-refractivity contribution >= 4 is 5.97 Å². The van der Waals surface area contributed by atoms with E-state index in [9.17, 15) is 4.79 Å². The zero-order valence-electron chi connectivity index (χ0n) is 13.3. The molecule has 0 radical (unpaired) electrons. The van der Waals surface area contributed by atoms with Gasteiger partial charge in [-0.05, 0) is 39.2 Å². The first kappa shape index (κ1) is 17.0. The van der Waals surface area contributed by atoms with Crippen molar-refractivity contribution in [1.29, 1.82) is 0 Å². The zero-order chi connectivity index (χ0) is 15.9. The maximum Gasteiger partial charge on any atom is 0.330 e. The molecule has 0 fully saturated rings. The molecule has 0 saturated heterocycles. The second kappa shape index (κ2) is 7.69. The highest BCUT2D eigenvalue weighted by atomic mass is 16.6. The fourth-order valence-electron chi connectivity index (χ4n) is 1.78. The Morgan fingerprint density at radius 2 is 2.00 bits per heavy atom. The summed E-state index contributed by atoms with van der Waals surface area (Å²) in [7, 11) is 0. The van der Waals surface area contributed by atoms with Crippen molar-refractivity contribution in [3.05, 3.63) is 47.5 Å². The fourth-order valence-corrected chi connectivity index (χ4v) is 1.78. The molecule has 0 unspecified atom stereocenters. The van der Waals surface area contributed by atoms with E-state index in [4.69, 9.17) is 11.2 Å². The number of aryl methyl sites for hydroxylation is 1. The number of esters is 1. The molecule has 0 spiro atoms. The molecule has 0 aliphatic rings. The lowest BCUT2D eigenvalue weighted by atomic mass is 9.95. The second-order valence-electron chi connectivity index (χ2n) is 5.80. The van der Waals surface area contributed by atoms with E-state index in [1.54, 1.807) is 6.08 Å². The number of hydrogen-bond donors (Lipinski definition) is 0. The van der Waals surface area contributed by atoms with Crippen LogP contribution in [0.15, 0.2) is 36.4 Å². The SMILES string of the molecule is C#C[C@@H](C/C=C/C(=O)OC(C)(C)CC)c1ccc(C)cc1. The predicted molar refractivity (Wildman–Crippen MR) is 87.0 cm³/mol. The first-order valence-electron chi connectivity index (χ1n) is 7.30. The Balaban J connectivity index is 2.60. The van der Waals surface area contributed by atoms with E-state index in [-0.39, 0.29) is 11.9 Å². The quantitative estimate of drug-likeness (QED) is 0.440. The number of rotatable bonds is 6. The van der Waals surface area contributed by atoms with Crippen molar-refractivity contribution in [3.63, 3.8) is 0 Å². The molecule has 0 saturated carbocycles. The van der Waals surface area contributed by atoms with Crippen LogP contribution < -0.4 is 0 Å². The van der Waals surface area contributed by atoms with Gasteiger partial charge in [-0.15, -0.1) is 6.42 Å². The summed E-state index contributed by atoms with van der Waals surface area (Å²) < 4.78 is 5.35. The van der Waals surface area contributed by atoms with E-state index >= 15 is 0 Å². The molecular weight excluding hydrogens is 260 g/mol. The molecule has 0 heterocycles. The van der Waals surface area contributed by atoms with E-state index in [2.05, 4.69) is 5.92 Å². The van der Waals surface area contributed by atoms with Gasteiger partial charge in [0.25, 0.3) is 0 Å². The van der Waals surface area contributed by atoms with Crippen LogP contribution in [-0.4, -0.2) is 11.6 Å². The molecule has 1 aromatic rings. The summed E-state index contributed by atoms with van der Waals surface area (Å²) in [6.45, 7) is 7.83. The molecule has 0 bridgehead atoms.